The lowest BCUT2D eigenvalue weighted by Gasteiger charge is -2.35. The SMILES string of the molecule is O=C(NCc1ccccc1N1CCCCS1(=O)=O)c1nc2n(c(=O)c1O)CCCC21CCCC1. The first-order valence-corrected chi connectivity index (χ1v) is 13.6. The molecule has 1 aromatic heterocycles. The average Bonchev–Trinajstić information content (AvgIpc) is 3.29. The molecule has 0 unspecified atom stereocenters. The molecule has 182 valence electrons. The molecule has 34 heavy (non-hydrogen) atoms. The summed E-state index contributed by atoms with van der Waals surface area (Å²) in [5.41, 5.74) is 0.154. The van der Waals surface area contributed by atoms with Crippen molar-refractivity contribution >= 4 is 21.6 Å². The normalized spacial score (nSPS) is 20.8. The number of nitrogens with one attached hydrogen (secondary N) is 1. The fraction of sp³-hybridized carbons (Fsp3) is 0.542. The van der Waals surface area contributed by atoms with Gasteiger partial charge in [-0.2, -0.15) is 0 Å². The van der Waals surface area contributed by atoms with E-state index < -0.39 is 27.2 Å². The van der Waals surface area contributed by atoms with E-state index >= 15 is 0 Å². The maximum atomic E-state index is 13.1. The number of carbonyl (C=O) groups is 1. The molecular weight excluding hydrogens is 456 g/mol. The number of anilines is 1. The van der Waals surface area contributed by atoms with Crippen molar-refractivity contribution < 1.29 is 18.3 Å². The number of fused-ring (bicyclic) bond motifs is 2. The Balaban J connectivity index is 1.43. The van der Waals surface area contributed by atoms with Gasteiger partial charge in [-0.15, -0.1) is 0 Å². The standard InChI is InChI=1S/C24H30N4O5S/c29-20-19(26-23-24(10-3-4-11-24)12-7-13-27(23)22(20)31)21(30)25-16-17-8-1-2-9-18(17)28-14-5-6-15-34(28,32)33/h1-2,8-9,29H,3-7,10-16H2,(H,25,30). The fourth-order valence-corrected chi connectivity index (χ4v) is 7.42. The average molecular weight is 487 g/mol. The summed E-state index contributed by atoms with van der Waals surface area (Å²) in [6, 6.07) is 7.05. The third-order valence-corrected chi connectivity index (χ3v) is 9.34. The van der Waals surface area contributed by atoms with Gasteiger partial charge in [0, 0.05) is 25.0 Å². The highest BCUT2D eigenvalue weighted by atomic mass is 32.2. The number of hydrogen-bond donors (Lipinski definition) is 2. The lowest BCUT2D eigenvalue weighted by atomic mass is 9.78. The highest BCUT2D eigenvalue weighted by molar-refractivity contribution is 7.92. The van der Waals surface area contributed by atoms with Crippen molar-refractivity contribution in [3.63, 3.8) is 0 Å². The molecule has 10 heteroatoms. The Kier molecular flexibility index (Phi) is 5.87. The number of nitrogens with zero attached hydrogens (tertiary/aromatic N) is 3. The summed E-state index contributed by atoms with van der Waals surface area (Å²) in [4.78, 5) is 30.5. The summed E-state index contributed by atoms with van der Waals surface area (Å²) in [7, 11) is -3.40. The predicted molar refractivity (Wildman–Crippen MR) is 128 cm³/mol. The van der Waals surface area contributed by atoms with Crippen LogP contribution in [0.1, 0.15) is 73.2 Å². The number of hydrogen-bond acceptors (Lipinski definition) is 6. The highest BCUT2D eigenvalue weighted by Crippen LogP contribution is 2.46. The molecule has 2 N–H and O–H groups in total. The van der Waals surface area contributed by atoms with Gasteiger partial charge in [-0.3, -0.25) is 18.5 Å². The molecule has 3 heterocycles. The molecule has 0 bridgehead atoms. The summed E-state index contributed by atoms with van der Waals surface area (Å²) >= 11 is 0. The van der Waals surface area contributed by atoms with Gasteiger partial charge in [0.25, 0.3) is 11.5 Å². The number of aromatic hydroxyl groups is 1. The van der Waals surface area contributed by atoms with Crippen LogP contribution in [0, 0.1) is 0 Å². The maximum Gasteiger partial charge on any atom is 0.296 e. The number of amides is 1. The number of benzene rings is 1. The molecule has 0 radical (unpaired) electrons. The Morgan fingerprint density at radius 1 is 1.06 bits per heavy atom. The zero-order chi connectivity index (χ0) is 23.9. The molecule has 1 spiro atoms. The van der Waals surface area contributed by atoms with E-state index in [9.17, 15) is 23.1 Å². The zero-order valence-corrected chi connectivity index (χ0v) is 19.9. The Labute approximate surface area is 198 Å². The van der Waals surface area contributed by atoms with Crippen LogP contribution in [-0.2, 0) is 28.5 Å². The number of para-hydroxylation sites is 1. The Bertz CT molecular complexity index is 1280. The second kappa shape index (κ2) is 8.72. The smallest absolute Gasteiger partial charge is 0.296 e. The van der Waals surface area contributed by atoms with Crippen LogP contribution in [0.4, 0.5) is 5.69 Å². The van der Waals surface area contributed by atoms with Crippen LogP contribution in [0.3, 0.4) is 0 Å². The van der Waals surface area contributed by atoms with E-state index in [1.165, 1.54) is 8.87 Å². The van der Waals surface area contributed by atoms with Crippen molar-refractivity contribution in [2.75, 3.05) is 16.6 Å². The minimum absolute atomic E-state index is 0.0473. The lowest BCUT2D eigenvalue weighted by Crippen LogP contribution is -2.41. The first-order chi connectivity index (χ1) is 16.3. The van der Waals surface area contributed by atoms with Crippen LogP contribution in [-0.4, -0.2) is 41.3 Å². The van der Waals surface area contributed by atoms with E-state index in [1.54, 1.807) is 24.3 Å². The molecule has 5 rings (SSSR count). The molecule has 1 saturated carbocycles. The van der Waals surface area contributed by atoms with E-state index in [2.05, 4.69) is 10.3 Å². The van der Waals surface area contributed by atoms with Crippen LogP contribution in [0.15, 0.2) is 29.1 Å². The summed E-state index contributed by atoms with van der Waals surface area (Å²) in [5.74, 6) is -0.563. The zero-order valence-electron chi connectivity index (χ0n) is 19.1. The van der Waals surface area contributed by atoms with Gasteiger partial charge in [-0.05, 0) is 50.2 Å². The number of sulfonamides is 1. The molecule has 0 atom stereocenters. The Morgan fingerprint density at radius 3 is 2.56 bits per heavy atom. The first-order valence-electron chi connectivity index (χ1n) is 12.0. The quantitative estimate of drug-likeness (QED) is 0.685. The Hall–Kier alpha value is -2.88. The van der Waals surface area contributed by atoms with Gasteiger partial charge in [-0.25, -0.2) is 13.4 Å². The summed E-state index contributed by atoms with van der Waals surface area (Å²) in [5, 5.41) is 13.3. The van der Waals surface area contributed by atoms with Crippen molar-refractivity contribution in [1.82, 2.24) is 14.9 Å². The van der Waals surface area contributed by atoms with Crippen molar-refractivity contribution in [2.45, 2.75) is 69.9 Å². The van der Waals surface area contributed by atoms with Crippen molar-refractivity contribution in [2.24, 2.45) is 0 Å². The molecule has 3 aliphatic rings. The van der Waals surface area contributed by atoms with E-state index in [4.69, 9.17) is 0 Å². The predicted octanol–water partition coefficient (Wildman–Crippen LogP) is 2.41. The van der Waals surface area contributed by atoms with Crippen LogP contribution in [0.25, 0.3) is 0 Å². The third kappa shape index (κ3) is 3.87. The van der Waals surface area contributed by atoms with E-state index in [0.717, 1.165) is 44.9 Å². The van der Waals surface area contributed by atoms with Crippen molar-refractivity contribution in [3.05, 3.63) is 51.7 Å². The molecule has 2 aliphatic heterocycles. The summed E-state index contributed by atoms with van der Waals surface area (Å²) in [6.45, 7) is 0.946. The van der Waals surface area contributed by atoms with E-state index in [0.29, 0.717) is 36.6 Å². The monoisotopic (exact) mass is 486 g/mol. The van der Waals surface area contributed by atoms with Gasteiger partial charge < -0.3 is 10.4 Å². The molecule has 1 aromatic carbocycles. The third-order valence-electron chi connectivity index (χ3n) is 7.48. The van der Waals surface area contributed by atoms with Gasteiger partial charge in [0.05, 0.1) is 11.4 Å². The number of rotatable bonds is 4. The minimum atomic E-state index is -3.40. The summed E-state index contributed by atoms with van der Waals surface area (Å²) < 4.78 is 28.1. The Morgan fingerprint density at radius 2 is 1.79 bits per heavy atom. The molecular formula is C24H30N4O5S. The summed E-state index contributed by atoms with van der Waals surface area (Å²) in [6.07, 6.45) is 7.20. The molecule has 2 fully saturated rings. The highest BCUT2D eigenvalue weighted by Gasteiger charge is 2.42. The first kappa shape index (κ1) is 22.9. The van der Waals surface area contributed by atoms with Gasteiger partial charge in [-0.1, -0.05) is 31.0 Å². The maximum absolute atomic E-state index is 13.1. The van der Waals surface area contributed by atoms with Crippen LogP contribution in [0.5, 0.6) is 5.75 Å². The van der Waals surface area contributed by atoms with E-state index in [-0.39, 0.29) is 23.4 Å². The second-order valence-corrected chi connectivity index (χ2v) is 11.6. The molecule has 9 nitrogen and oxygen atoms in total. The van der Waals surface area contributed by atoms with Crippen molar-refractivity contribution in [3.8, 4) is 5.75 Å². The minimum Gasteiger partial charge on any atom is -0.501 e. The largest absolute Gasteiger partial charge is 0.501 e. The molecule has 2 aromatic rings. The number of carbonyl (C=O) groups excluding carboxylic acids is 1. The van der Waals surface area contributed by atoms with Gasteiger partial charge in [0.2, 0.25) is 15.8 Å². The van der Waals surface area contributed by atoms with Gasteiger partial charge in [0.1, 0.15) is 5.82 Å². The van der Waals surface area contributed by atoms with Gasteiger partial charge >= 0.3 is 0 Å². The lowest BCUT2D eigenvalue weighted by molar-refractivity contribution is 0.0940. The topological polar surface area (TPSA) is 122 Å². The second-order valence-electron chi connectivity index (χ2n) is 9.59. The molecule has 1 aliphatic carbocycles. The van der Waals surface area contributed by atoms with Crippen LogP contribution >= 0.6 is 0 Å². The fourth-order valence-electron chi connectivity index (χ4n) is 5.75. The van der Waals surface area contributed by atoms with Crippen LogP contribution < -0.4 is 15.2 Å². The van der Waals surface area contributed by atoms with Gasteiger partial charge in [0.15, 0.2) is 5.69 Å². The van der Waals surface area contributed by atoms with Crippen LogP contribution in [0.2, 0.25) is 0 Å². The van der Waals surface area contributed by atoms with E-state index in [1.807, 2.05) is 0 Å². The molecule has 1 saturated heterocycles. The number of aromatic nitrogens is 2. The van der Waals surface area contributed by atoms with Crippen molar-refractivity contribution in [1.29, 1.82) is 0 Å². The molecule has 1 amide bonds.